The maximum absolute atomic E-state index is 12.1. The highest BCUT2D eigenvalue weighted by atomic mass is 35.7. The SMILES string of the molecule is CCCC1CC1NC(=O)c1ccc(C)c(S(=O)(=O)Cl)c1. The van der Waals surface area contributed by atoms with Crippen LogP contribution in [0.1, 0.15) is 42.1 Å². The molecule has 2 rings (SSSR count). The molecular weight excluding hydrogens is 298 g/mol. The molecule has 1 amide bonds. The molecule has 2 atom stereocenters. The molecule has 1 N–H and O–H groups in total. The van der Waals surface area contributed by atoms with E-state index in [2.05, 4.69) is 12.2 Å². The average molecular weight is 316 g/mol. The van der Waals surface area contributed by atoms with E-state index in [-0.39, 0.29) is 16.8 Å². The number of rotatable bonds is 5. The van der Waals surface area contributed by atoms with Crippen LogP contribution in [0.3, 0.4) is 0 Å². The fraction of sp³-hybridized carbons (Fsp3) is 0.500. The molecule has 2 unspecified atom stereocenters. The number of aryl methyl sites for hydroxylation is 1. The van der Waals surface area contributed by atoms with Gasteiger partial charge in [0.2, 0.25) is 0 Å². The molecule has 1 aliphatic rings. The second-order valence-corrected chi connectivity index (χ2v) is 7.82. The molecule has 1 saturated carbocycles. The number of halogens is 1. The highest BCUT2D eigenvalue weighted by molar-refractivity contribution is 8.13. The highest BCUT2D eigenvalue weighted by Crippen LogP contribution is 2.34. The van der Waals surface area contributed by atoms with E-state index >= 15 is 0 Å². The molecule has 0 saturated heterocycles. The van der Waals surface area contributed by atoms with Crippen LogP contribution in [0.5, 0.6) is 0 Å². The van der Waals surface area contributed by atoms with Gasteiger partial charge in [-0.15, -0.1) is 0 Å². The van der Waals surface area contributed by atoms with Crippen LogP contribution in [0.4, 0.5) is 0 Å². The summed E-state index contributed by atoms with van der Waals surface area (Å²) in [6.45, 7) is 3.77. The Labute approximate surface area is 123 Å². The van der Waals surface area contributed by atoms with Gasteiger partial charge < -0.3 is 5.32 Å². The Morgan fingerprint density at radius 3 is 2.75 bits per heavy atom. The molecule has 0 heterocycles. The molecule has 0 spiro atoms. The topological polar surface area (TPSA) is 63.2 Å². The van der Waals surface area contributed by atoms with E-state index < -0.39 is 9.05 Å². The van der Waals surface area contributed by atoms with Gasteiger partial charge >= 0.3 is 0 Å². The van der Waals surface area contributed by atoms with Crippen LogP contribution in [0.2, 0.25) is 0 Å². The minimum Gasteiger partial charge on any atom is -0.349 e. The second-order valence-electron chi connectivity index (χ2n) is 5.28. The van der Waals surface area contributed by atoms with E-state index in [1.54, 1.807) is 19.1 Å². The zero-order valence-electron chi connectivity index (χ0n) is 11.5. The molecule has 110 valence electrons. The smallest absolute Gasteiger partial charge is 0.261 e. The van der Waals surface area contributed by atoms with Crippen molar-refractivity contribution in [3.63, 3.8) is 0 Å². The summed E-state index contributed by atoms with van der Waals surface area (Å²) in [6.07, 6.45) is 3.22. The normalized spacial score (nSPS) is 21.6. The van der Waals surface area contributed by atoms with E-state index in [0.29, 0.717) is 17.0 Å². The van der Waals surface area contributed by atoms with Crippen molar-refractivity contribution in [3.8, 4) is 0 Å². The number of hydrogen-bond donors (Lipinski definition) is 1. The highest BCUT2D eigenvalue weighted by Gasteiger charge is 2.37. The van der Waals surface area contributed by atoms with Gasteiger partial charge in [-0.05, 0) is 43.4 Å². The molecule has 4 nitrogen and oxygen atoms in total. The van der Waals surface area contributed by atoms with Crippen molar-refractivity contribution in [3.05, 3.63) is 29.3 Å². The molecule has 0 radical (unpaired) electrons. The van der Waals surface area contributed by atoms with Crippen LogP contribution in [0.15, 0.2) is 23.1 Å². The fourth-order valence-corrected chi connectivity index (χ4v) is 3.59. The van der Waals surface area contributed by atoms with Crippen LogP contribution in [-0.2, 0) is 9.05 Å². The third-order valence-corrected chi connectivity index (χ3v) is 5.08. The monoisotopic (exact) mass is 315 g/mol. The fourth-order valence-electron chi connectivity index (χ4n) is 2.37. The van der Waals surface area contributed by atoms with Crippen LogP contribution in [-0.4, -0.2) is 20.4 Å². The predicted molar refractivity (Wildman–Crippen MR) is 78.5 cm³/mol. The van der Waals surface area contributed by atoms with Crippen LogP contribution >= 0.6 is 10.7 Å². The average Bonchev–Trinajstić information content (AvgIpc) is 3.06. The first kappa shape index (κ1) is 15.3. The van der Waals surface area contributed by atoms with Crippen molar-refractivity contribution < 1.29 is 13.2 Å². The quantitative estimate of drug-likeness (QED) is 0.850. The molecule has 1 aromatic carbocycles. The summed E-state index contributed by atoms with van der Waals surface area (Å²) in [5.74, 6) is 0.320. The van der Waals surface area contributed by atoms with Crippen molar-refractivity contribution in [1.29, 1.82) is 0 Å². The Kier molecular flexibility index (Phi) is 4.39. The largest absolute Gasteiger partial charge is 0.349 e. The molecule has 1 aliphatic carbocycles. The van der Waals surface area contributed by atoms with Gasteiger partial charge in [-0.2, -0.15) is 0 Å². The van der Waals surface area contributed by atoms with Gasteiger partial charge in [0.05, 0.1) is 4.90 Å². The van der Waals surface area contributed by atoms with Crippen molar-refractivity contribution in [2.75, 3.05) is 0 Å². The first-order valence-electron chi connectivity index (χ1n) is 6.69. The first-order chi connectivity index (χ1) is 9.32. The molecule has 6 heteroatoms. The lowest BCUT2D eigenvalue weighted by Crippen LogP contribution is -2.27. The molecular formula is C14H18ClNO3S. The van der Waals surface area contributed by atoms with Gasteiger partial charge in [0, 0.05) is 22.3 Å². The summed E-state index contributed by atoms with van der Waals surface area (Å²) in [5.41, 5.74) is 0.865. The van der Waals surface area contributed by atoms with Gasteiger partial charge in [-0.25, -0.2) is 8.42 Å². The van der Waals surface area contributed by atoms with Crippen molar-refractivity contribution >= 4 is 25.6 Å². The Bertz CT molecular complexity index is 627. The third kappa shape index (κ3) is 3.52. The predicted octanol–water partition coefficient (Wildman–Crippen LogP) is 2.84. The molecule has 0 aromatic heterocycles. The van der Waals surface area contributed by atoms with Crippen LogP contribution in [0.25, 0.3) is 0 Å². The van der Waals surface area contributed by atoms with Crippen molar-refractivity contribution in [2.24, 2.45) is 5.92 Å². The maximum atomic E-state index is 12.1. The summed E-state index contributed by atoms with van der Waals surface area (Å²) >= 11 is 0. The zero-order valence-corrected chi connectivity index (χ0v) is 13.1. The third-order valence-electron chi connectivity index (χ3n) is 3.61. The van der Waals surface area contributed by atoms with Gasteiger partial charge in [0.25, 0.3) is 15.0 Å². The number of carbonyl (C=O) groups is 1. The van der Waals surface area contributed by atoms with Crippen molar-refractivity contribution in [2.45, 2.75) is 44.0 Å². The summed E-state index contributed by atoms with van der Waals surface area (Å²) in [4.78, 5) is 12.1. The molecule has 1 aromatic rings. The second kappa shape index (κ2) is 5.74. The number of hydrogen-bond acceptors (Lipinski definition) is 3. The van der Waals surface area contributed by atoms with Crippen LogP contribution in [0, 0.1) is 12.8 Å². The summed E-state index contributed by atoms with van der Waals surface area (Å²) < 4.78 is 22.9. The standard InChI is InChI=1S/C14H18ClNO3S/c1-3-4-10-7-12(10)16-14(17)11-6-5-9(2)13(8-11)20(15,18)19/h5-6,8,10,12H,3-4,7H2,1-2H3,(H,16,17). The number of amides is 1. The summed E-state index contributed by atoms with van der Waals surface area (Å²) in [6, 6.07) is 4.78. The molecule has 20 heavy (non-hydrogen) atoms. The molecule has 1 fully saturated rings. The number of benzene rings is 1. The lowest BCUT2D eigenvalue weighted by molar-refractivity contribution is 0.0948. The first-order valence-corrected chi connectivity index (χ1v) is 9.00. The van der Waals surface area contributed by atoms with E-state index in [0.717, 1.165) is 19.3 Å². The minimum atomic E-state index is -3.83. The van der Waals surface area contributed by atoms with Gasteiger partial charge in [0.15, 0.2) is 0 Å². The summed E-state index contributed by atoms with van der Waals surface area (Å²) in [5, 5.41) is 2.93. The molecule has 0 bridgehead atoms. The van der Waals surface area contributed by atoms with E-state index in [4.69, 9.17) is 10.7 Å². The Morgan fingerprint density at radius 2 is 2.15 bits per heavy atom. The minimum absolute atomic E-state index is 0.00674. The van der Waals surface area contributed by atoms with E-state index in [1.165, 1.54) is 6.07 Å². The Balaban J connectivity index is 2.12. The maximum Gasteiger partial charge on any atom is 0.261 e. The van der Waals surface area contributed by atoms with E-state index in [9.17, 15) is 13.2 Å². The summed E-state index contributed by atoms with van der Waals surface area (Å²) in [7, 11) is 1.53. The lowest BCUT2D eigenvalue weighted by atomic mass is 10.1. The lowest BCUT2D eigenvalue weighted by Gasteiger charge is -2.07. The van der Waals surface area contributed by atoms with E-state index in [1.807, 2.05) is 0 Å². The molecule has 0 aliphatic heterocycles. The zero-order chi connectivity index (χ0) is 14.9. The van der Waals surface area contributed by atoms with Crippen LogP contribution < -0.4 is 5.32 Å². The Morgan fingerprint density at radius 1 is 1.45 bits per heavy atom. The number of nitrogens with one attached hydrogen (secondary N) is 1. The number of carbonyl (C=O) groups excluding carboxylic acids is 1. The Hall–Kier alpha value is -1.07. The van der Waals surface area contributed by atoms with Gasteiger partial charge in [-0.3, -0.25) is 4.79 Å². The van der Waals surface area contributed by atoms with Gasteiger partial charge in [-0.1, -0.05) is 19.4 Å². The van der Waals surface area contributed by atoms with Gasteiger partial charge in [0.1, 0.15) is 0 Å². The van der Waals surface area contributed by atoms with Crippen molar-refractivity contribution in [1.82, 2.24) is 5.32 Å².